The lowest BCUT2D eigenvalue weighted by Crippen LogP contribution is -2.46. The lowest BCUT2D eigenvalue weighted by atomic mass is 9.93. The molecule has 2 aromatic carbocycles. The minimum atomic E-state index is -0.814. The first-order valence-electron chi connectivity index (χ1n) is 8.50. The molecule has 146 valence electrons. The fourth-order valence-corrected chi connectivity index (χ4v) is 3.05. The molecule has 0 fully saturated rings. The van der Waals surface area contributed by atoms with Gasteiger partial charge in [-0.05, 0) is 37.3 Å². The van der Waals surface area contributed by atoms with Crippen molar-refractivity contribution in [3.05, 3.63) is 65.1 Å². The van der Waals surface area contributed by atoms with E-state index in [0.29, 0.717) is 22.8 Å². The van der Waals surface area contributed by atoms with Crippen LogP contribution in [0.2, 0.25) is 0 Å². The third-order valence-corrected chi connectivity index (χ3v) is 4.38. The van der Waals surface area contributed by atoms with Crippen molar-refractivity contribution < 1.29 is 23.5 Å². The van der Waals surface area contributed by atoms with Crippen molar-refractivity contribution in [2.24, 2.45) is 0 Å². The van der Waals surface area contributed by atoms with Gasteiger partial charge in [-0.3, -0.25) is 4.79 Å². The summed E-state index contributed by atoms with van der Waals surface area (Å²) in [5.74, 6) is -0.102. The van der Waals surface area contributed by atoms with Gasteiger partial charge in [0.25, 0.3) is 5.91 Å². The first kappa shape index (κ1) is 19.2. The Morgan fingerprint density at radius 2 is 1.89 bits per heavy atom. The first-order chi connectivity index (χ1) is 13.4. The maximum Gasteiger partial charge on any atom is 0.319 e. The van der Waals surface area contributed by atoms with E-state index in [1.54, 1.807) is 31.2 Å². The molecular formula is C20H20FN3O4. The number of hydrogen-bond acceptors (Lipinski definition) is 4. The Morgan fingerprint density at radius 1 is 1.14 bits per heavy atom. The van der Waals surface area contributed by atoms with Crippen LogP contribution in [0.15, 0.2) is 53.7 Å². The predicted molar refractivity (Wildman–Crippen MR) is 102 cm³/mol. The van der Waals surface area contributed by atoms with Crippen LogP contribution in [-0.4, -0.2) is 26.2 Å². The summed E-state index contributed by atoms with van der Waals surface area (Å²) in [6, 6.07) is 9.65. The normalized spacial score (nSPS) is 16.1. The zero-order valence-electron chi connectivity index (χ0n) is 15.6. The maximum absolute atomic E-state index is 14.0. The van der Waals surface area contributed by atoms with Crippen LogP contribution in [0.5, 0.6) is 11.5 Å². The van der Waals surface area contributed by atoms with Crippen LogP contribution >= 0.6 is 0 Å². The van der Waals surface area contributed by atoms with Crippen LogP contribution in [-0.2, 0) is 4.79 Å². The van der Waals surface area contributed by atoms with E-state index < -0.39 is 23.8 Å². The second-order valence-electron chi connectivity index (χ2n) is 6.11. The Morgan fingerprint density at radius 3 is 2.57 bits per heavy atom. The smallest absolute Gasteiger partial charge is 0.319 e. The molecule has 0 radical (unpaired) electrons. The lowest BCUT2D eigenvalue weighted by Gasteiger charge is -2.29. The van der Waals surface area contributed by atoms with E-state index in [1.807, 2.05) is 0 Å². The minimum Gasteiger partial charge on any atom is -0.497 e. The highest BCUT2D eigenvalue weighted by Crippen LogP contribution is 2.36. The van der Waals surface area contributed by atoms with Crippen molar-refractivity contribution in [2.45, 2.75) is 13.0 Å². The molecule has 0 unspecified atom stereocenters. The third kappa shape index (κ3) is 3.75. The highest BCUT2D eigenvalue weighted by Gasteiger charge is 2.33. The largest absolute Gasteiger partial charge is 0.497 e. The highest BCUT2D eigenvalue weighted by molar-refractivity contribution is 6.07. The van der Waals surface area contributed by atoms with Crippen LogP contribution in [0, 0.1) is 5.82 Å². The minimum absolute atomic E-state index is 0.0426. The van der Waals surface area contributed by atoms with Gasteiger partial charge in [0.15, 0.2) is 0 Å². The van der Waals surface area contributed by atoms with E-state index in [4.69, 9.17) is 9.47 Å². The van der Waals surface area contributed by atoms with Gasteiger partial charge >= 0.3 is 6.03 Å². The van der Waals surface area contributed by atoms with E-state index in [2.05, 4.69) is 16.0 Å². The zero-order valence-corrected chi connectivity index (χ0v) is 15.6. The summed E-state index contributed by atoms with van der Waals surface area (Å²) in [5.41, 5.74) is 1.16. The lowest BCUT2D eigenvalue weighted by molar-refractivity contribution is -0.113. The van der Waals surface area contributed by atoms with Gasteiger partial charge in [-0.1, -0.05) is 12.1 Å². The summed E-state index contributed by atoms with van der Waals surface area (Å²) in [6.45, 7) is 1.61. The zero-order chi connectivity index (χ0) is 20.3. The van der Waals surface area contributed by atoms with Gasteiger partial charge < -0.3 is 25.4 Å². The molecule has 3 rings (SSSR count). The van der Waals surface area contributed by atoms with Gasteiger partial charge in [-0.25, -0.2) is 9.18 Å². The number of rotatable bonds is 5. The molecule has 1 aliphatic rings. The summed E-state index contributed by atoms with van der Waals surface area (Å²) in [7, 11) is 3.00. The molecule has 0 saturated carbocycles. The van der Waals surface area contributed by atoms with E-state index in [0.717, 1.165) is 0 Å². The fraction of sp³-hybridized carbons (Fsp3) is 0.200. The number of anilines is 1. The average Bonchev–Trinajstić information content (AvgIpc) is 2.68. The molecule has 28 heavy (non-hydrogen) atoms. The number of carbonyl (C=O) groups is 2. The Labute approximate surface area is 161 Å². The molecule has 1 aliphatic heterocycles. The molecule has 3 amide bonds. The van der Waals surface area contributed by atoms with E-state index >= 15 is 0 Å². The van der Waals surface area contributed by atoms with Gasteiger partial charge in [0.2, 0.25) is 0 Å². The fourth-order valence-electron chi connectivity index (χ4n) is 3.05. The monoisotopic (exact) mass is 385 g/mol. The Hall–Kier alpha value is -3.55. The van der Waals surface area contributed by atoms with Crippen LogP contribution in [0.1, 0.15) is 18.5 Å². The van der Waals surface area contributed by atoms with Crippen molar-refractivity contribution in [1.29, 1.82) is 0 Å². The second kappa shape index (κ2) is 7.99. The Balaban J connectivity index is 2.04. The molecular weight excluding hydrogens is 365 g/mol. The number of benzene rings is 2. The number of carbonyl (C=O) groups excluding carboxylic acids is 2. The Bertz CT molecular complexity index is 958. The second-order valence-corrected chi connectivity index (χ2v) is 6.11. The Kier molecular flexibility index (Phi) is 5.49. The van der Waals surface area contributed by atoms with Gasteiger partial charge in [0, 0.05) is 11.3 Å². The summed E-state index contributed by atoms with van der Waals surface area (Å²) >= 11 is 0. The van der Waals surface area contributed by atoms with Crippen molar-refractivity contribution >= 4 is 17.6 Å². The van der Waals surface area contributed by atoms with Gasteiger partial charge in [0.05, 0.1) is 31.5 Å². The van der Waals surface area contributed by atoms with E-state index in [-0.39, 0.29) is 11.3 Å². The molecule has 7 nitrogen and oxygen atoms in total. The van der Waals surface area contributed by atoms with Crippen LogP contribution < -0.4 is 25.4 Å². The van der Waals surface area contributed by atoms with Gasteiger partial charge in [-0.2, -0.15) is 0 Å². The molecule has 3 N–H and O–H groups in total. The van der Waals surface area contributed by atoms with Crippen molar-refractivity contribution in [3.8, 4) is 11.5 Å². The summed E-state index contributed by atoms with van der Waals surface area (Å²) < 4.78 is 24.6. The third-order valence-electron chi connectivity index (χ3n) is 4.38. The molecule has 1 heterocycles. The number of amides is 3. The van der Waals surface area contributed by atoms with Gasteiger partial charge in [-0.15, -0.1) is 0 Å². The molecule has 0 spiro atoms. The summed E-state index contributed by atoms with van der Waals surface area (Å²) in [6.07, 6.45) is 0. The van der Waals surface area contributed by atoms with Crippen LogP contribution in [0.25, 0.3) is 0 Å². The molecule has 2 aromatic rings. The topological polar surface area (TPSA) is 88.7 Å². The van der Waals surface area contributed by atoms with E-state index in [9.17, 15) is 14.0 Å². The molecule has 0 saturated heterocycles. The summed E-state index contributed by atoms with van der Waals surface area (Å²) in [4.78, 5) is 25.0. The van der Waals surface area contributed by atoms with Crippen molar-refractivity contribution in [3.63, 3.8) is 0 Å². The number of methoxy groups -OCH3 is 2. The summed E-state index contributed by atoms with van der Waals surface area (Å²) in [5, 5.41) is 7.86. The van der Waals surface area contributed by atoms with Crippen LogP contribution in [0.4, 0.5) is 14.9 Å². The number of para-hydroxylation sites is 1. The molecule has 8 heteroatoms. The highest BCUT2D eigenvalue weighted by atomic mass is 19.1. The average molecular weight is 385 g/mol. The number of allylic oxidation sites excluding steroid dienone is 1. The molecule has 0 aliphatic carbocycles. The number of nitrogens with one attached hydrogen (secondary N) is 3. The van der Waals surface area contributed by atoms with Crippen LogP contribution in [0.3, 0.4) is 0 Å². The molecule has 1 atom stereocenters. The van der Waals surface area contributed by atoms with Gasteiger partial charge in [0.1, 0.15) is 17.3 Å². The quantitative estimate of drug-likeness (QED) is 0.738. The maximum atomic E-state index is 14.0. The SMILES string of the molecule is COc1ccc(OC)c([C@H]2NC(=O)NC(C)=C2C(=O)Nc2ccccc2F)c1. The molecule has 0 bridgehead atoms. The van der Waals surface area contributed by atoms with E-state index in [1.165, 1.54) is 32.4 Å². The predicted octanol–water partition coefficient (Wildman–Crippen LogP) is 3.11. The first-order valence-corrected chi connectivity index (χ1v) is 8.50. The van der Waals surface area contributed by atoms with Crippen molar-refractivity contribution in [1.82, 2.24) is 10.6 Å². The standard InChI is InChI=1S/C20H20FN3O4/c1-11-17(19(25)23-15-7-5-4-6-14(15)21)18(24-20(26)22-11)13-10-12(27-2)8-9-16(13)28-3/h4-10,18H,1-3H3,(H,23,25)(H2,22,24,26)/t18-/m1/s1. The number of urea groups is 1. The number of hydrogen-bond donors (Lipinski definition) is 3. The number of halogens is 1. The molecule has 0 aromatic heterocycles. The van der Waals surface area contributed by atoms with Crippen molar-refractivity contribution in [2.75, 3.05) is 19.5 Å². The number of ether oxygens (including phenoxy) is 2.